The van der Waals surface area contributed by atoms with E-state index in [-0.39, 0.29) is 0 Å². The smallest absolute Gasteiger partial charge is 0.122 e. The Kier molecular flexibility index (Phi) is 4.42. The molecule has 12 heavy (non-hydrogen) atoms. The van der Waals surface area contributed by atoms with Gasteiger partial charge in [-0.1, -0.05) is 5.59 Å². The van der Waals surface area contributed by atoms with Crippen molar-refractivity contribution in [2.45, 2.75) is 0 Å². The van der Waals surface area contributed by atoms with E-state index in [1.807, 2.05) is 6.08 Å². The normalized spacial score (nSPS) is 18.0. The highest BCUT2D eigenvalue weighted by Gasteiger charge is 1.82. The summed E-state index contributed by atoms with van der Waals surface area (Å²) >= 11 is 0. The van der Waals surface area contributed by atoms with Gasteiger partial charge in [0.25, 0.3) is 0 Å². The molecule has 0 aromatic heterocycles. The molecular formula is C6H10N4O2. The Morgan fingerprint density at radius 3 is 2.42 bits per heavy atom. The van der Waals surface area contributed by atoms with Crippen LogP contribution in [0.1, 0.15) is 0 Å². The molecule has 0 amide bonds. The quantitative estimate of drug-likeness (QED) is 0.460. The minimum atomic E-state index is 0.833. The van der Waals surface area contributed by atoms with Crippen LogP contribution in [0.4, 0.5) is 0 Å². The monoisotopic (exact) mass is 170 g/mol. The lowest BCUT2D eigenvalue weighted by molar-refractivity contribution is 0.0852. The van der Waals surface area contributed by atoms with Crippen LogP contribution in [0, 0.1) is 0 Å². The lowest BCUT2D eigenvalue weighted by Crippen LogP contribution is -2.32. The molecule has 0 radical (unpaired) electrons. The van der Waals surface area contributed by atoms with Gasteiger partial charge >= 0.3 is 0 Å². The molecule has 6 nitrogen and oxygen atoms in total. The average Bonchev–Trinajstić information content (AvgIpc) is 2.24. The Morgan fingerprint density at radius 2 is 2.25 bits per heavy atom. The van der Waals surface area contributed by atoms with Crippen molar-refractivity contribution in [1.29, 1.82) is 0 Å². The molecule has 0 aliphatic carbocycles. The van der Waals surface area contributed by atoms with Crippen LogP contribution in [-0.2, 0) is 9.68 Å². The zero-order valence-corrected chi connectivity index (χ0v) is 6.36. The number of hydrazine groups is 1. The highest BCUT2D eigenvalue weighted by atomic mass is 16.7. The first kappa shape index (κ1) is 8.57. The predicted molar refractivity (Wildman–Crippen MR) is 43.2 cm³/mol. The Hall–Kier alpha value is -1.53. The lowest BCUT2D eigenvalue weighted by Gasteiger charge is -2.05. The molecule has 0 atom stereocenters. The van der Waals surface area contributed by atoms with Crippen molar-refractivity contribution in [2.75, 3.05) is 6.54 Å². The summed E-state index contributed by atoms with van der Waals surface area (Å²) in [4.78, 5) is 8.97. The summed E-state index contributed by atoms with van der Waals surface area (Å²) < 4.78 is 0. The largest absolute Gasteiger partial charge is 0.402 e. The second-order valence-electron chi connectivity index (χ2n) is 1.79. The van der Waals surface area contributed by atoms with E-state index in [0.29, 0.717) is 0 Å². The molecule has 0 fully saturated rings. The summed E-state index contributed by atoms with van der Waals surface area (Å²) in [5.74, 6) is 0. The van der Waals surface area contributed by atoms with Crippen molar-refractivity contribution in [3.05, 3.63) is 24.7 Å². The molecule has 0 aromatic carbocycles. The number of nitrogens with one attached hydrogen (secondary N) is 3. The molecule has 0 saturated heterocycles. The summed E-state index contributed by atoms with van der Waals surface area (Å²) in [6.07, 6.45) is 8.26. The number of hydrogen-bond acceptors (Lipinski definition) is 6. The summed E-state index contributed by atoms with van der Waals surface area (Å²) in [7, 11) is 0. The van der Waals surface area contributed by atoms with E-state index >= 15 is 0 Å². The van der Waals surface area contributed by atoms with Crippen LogP contribution < -0.4 is 16.6 Å². The van der Waals surface area contributed by atoms with Gasteiger partial charge in [0.1, 0.15) is 12.5 Å². The number of hydrazone groups is 1. The Labute approximate surface area is 69.8 Å². The minimum Gasteiger partial charge on any atom is -0.402 e. The third-order valence-corrected chi connectivity index (χ3v) is 0.928. The van der Waals surface area contributed by atoms with Crippen molar-refractivity contribution in [3.8, 4) is 0 Å². The topological polar surface area (TPSA) is 66.9 Å². The molecular weight excluding hydrogens is 160 g/mol. The van der Waals surface area contributed by atoms with E-state index in [0.717, 1.165) is 6.54 Å². The van der Waals surface area contributed by atoms with Crippen molar-refractivity contribution in [3.63, 3.8) is 0 Å². The van der Waals surface area contributed by atoms with Crippen molar-refractivity contribution in [2.24, 2.45) is 5.10 Å². The van der Waals surface area contributed by atoms with Crippen LogP contribution in [0.5, 0.6) is 0 Å². The van der Waals surface area contributed by atoms with Gasteiger partial charge in [-0.25, -0.2) is 5.43 Å². The third kappa shape index (κ3) is 4.31. The van der Waals surface area contributed by atoms with Gasteiger partial charge in [0.2, 0.25) is 0 Å². The zero-order valence-electron chi connectivity index (χ0n) is 6.36. The zero-order chi connectivity index (χ0) is 8.49. The lowest BCUT2D eigenvalue weighted by atomic mass is 10.6. The van der Waals surface area contributed by atoms with E-state index in [9.17, 15) is 0 Å². The van der Waals surface area contributed by atoms with Crippen LogP contribution in [0.3, 0.4) is 0 Å². The van der Waals surface area contributed by atoms with E-state index in [1.165, 1.54) is 6.26 Å². The predicted octanol–water partition coefficient (Wildman–Crippen LogP) is -0.440. The van der Waals surface area contributed by atoms with Gasteiger partial charge in [0.15, 0.2) is 0 Å². The molecule has 2 aliphatic rings. The van der Waals surface area contributed by atoms with Crippen LogP contribution in [-0.4, -0.2) is 12.8 Å². The first-order valence-corrected chi connectivity index (χ1v) is 3.37. The molecule has 0 aromatic rings. The number of allylic oxidation sites excluding steroid dienone is 1. The molecule has 2 rings (SSSR count). The Bertz CT molecular complexity index is 170. The molecule has 0 bridgehead atoms. The van der Waals surface area contributed by atoms with Gasteiger partial charge in [0.05, 0.1) is 6.21 Å². The molecule has 0 saturated carbocycles. The first-order chi connectivity index (χ1) is 6.00. The summed E-state index contributed by atoms with van der Waals surface area (Å²) in [6, 6.07) is 0. The number of rotatable bonds is 0. The molecule has 3 N–H and O–H groups in total. The fourth-order valence-electron chi connectivity index (χ4n) is 0.481. The second kappa shape index (κ2) is 6.20. The first-order valence-electron chi connectivity index (χ1n) is 3.37. The number of hydrogen-bond donors (Lipinski definition) is 3. The van der Waals surface area contributed by atoms with Gasteiger partial charge in [-0.3, -0.25) is 0 Å². The van der Waals surface area contributed by atoms with E-state index in [2.05, 4.69) is 31.4 Å². The minimum absolute atomic E-state index is 0.833. The summed E-state index contributed by atoms with van der Waals surface area (Å²) in [6.45, 7) is 0.833. The summed E-state index contributed by atoms with van der Waals surface area (Å²) in [5.41, 5.74) is 7.44. The van der Waals surface area contributed by atoms with Gasteiger partial charge in [0, 0.05) is 6.54 Å². The molecule has 6 heteroatoms. The van der Waals surface area contributed by atoms with E-state index < -0.39 is 0 Å². The number of nitrogens with zero attached hydrogens (tertiary/aromatic N) is 1. The van der Waals surface area contributed by atoms with E-state index in [4.69, 9.17) is 0 Å². The standard InChI is InChI=1S/C3H6N2O.C3H4N2O/c2*1-2-4-5-6-3-1/h1,3-5H,2H2;1-3,5H. The fourth-order valence-corrected chi connectivity index (χ4v) is 0.481. The highest BCUT2D eigenvalue weighted by molar-refractivity contribution is 5.70. The maximum atomic E-state index is 4.53. The molecule has 0 unspecified atom stereocenters. The SMILES string of the molecule is C1=CONN=C1.C1=CONNC1. The van der Waals surface area contributed by atoms with E-state index in [1.54, 1.807) is 18.6 Å². The second-order valence-corrected chi connectivity index (χ2v) is 1.79. The molecule has 2 aliphatic heterocycles. The summed E-state index contributed by atoms with van der Waals surface area (Å²) in [5, 5.41) is 3.49. The van der Waals surface area contributed by atoms with Crippen LogP contribution in [0.25, 0.3) is 0 Å². The van der Waals surface area contributed by atoms with Crippen molar-refractivity contribution >= 4 is 6.21 Å². The molecule has 66 valence electrons. The molecule has 0 spiro atoms. The average molecular weight is 170 g/mol. The van der Waals surface area contributed by atoms with Crippen LogP contribution in [0.15, 0.2) is 29.8 Å². The molecule has 2 heterocycles. The van der Waals surface area contributed by atoms with Gasteiger partial charge in [-0.05, 0) is 12.2 Å². The Morgan fingerprint density at radius 1 is 1.25 bits per heavy atom. The van der Waals surface area contributed by atoms with Gasteiger partial charge < -0.3 is 9.68 Å². The fraction of sp³-hybridized carbons (Fsp3) is 0.167. The Balaban J connectivity index is 0.000000120. The van der Waals surface area contributed by atoms with Gasteiger partial charge in [-0.15, -0.1) is 5.59 Å². The van der Waals surface area contributed by atoms with Crippen molar-refractivity contribution in [1.82, 2.24) is 16.6 Å². The maximum Gasteiger partial charge on any atom is 0.122 e. The van der Waals surface area contributed by atoms with Crippen molar-refractivity contribution < 1.29 is 9.68 Å². The van der Waals surface area contributed by atoms with Crippen LogP contribution >= 0.6 is 0 Å². The highest BCUT2D eigenvalue weighted by Crippen LogP contribution is 1.74. The maximum absolute atomic E-state index is 4.53. The third-order valence-electron chi connectivity index (χ3n) is 0.928. The van der Waals surface area contributed by atoms with Crippen LogP contribution in [0.2, 0.25) is 0 Å². The van der Waals surface area contributed by atoms with Gasteiger partial charge in [-0.2, -0.15) is 5.10 Å².